The summed E-state index contributed by atoms with van der Waals surface area (Å²) in [6.45, 7) is 45.1. The van der Waals surface area contributed by atoms with Crippen molar-refractivity contribution in [1.82, 2.24) is 0 Å². The monoisotopic (exact) mass is 825 g/mol. The molecule has 0 heterocycles. The molecule has 0 saturated carbocycles. The Labute approximate surface area is 355 Å². The summed E-state index contributed by atoms with van der Waals surface area (Å²) in [6, 6.07) is 0. The van der Waals surface area contributed by atoms with E-state index in [1.54, 1.807) is 0 Å². The van der Waals surface area contributed by atoms with Crippen molar-refractivity contribution >= 4 is 7.82 Å². The molecule has 0 amide bonds. The van der Waals surface area contributed by atoms with E-state index < -0.39 is 7.82 Å². The van der Waals surface area contributed by atoms with E-state index in [-0.39, 0.29) is 0 Å². The van der Waals surface area contributed by atoms with Crippen molar-refractivity contribution < 1.29 is 32.7 Å². The van der Waals surface area contributed by atoms with Crippen LogP contribution >= 0.6 is 7.82 Å². The zero-order valence-corrected chi connectivity index (χ0v) is 41.9. The van der Waals surface area contributed by atoms with Crippen LogP contribution in [0.2, 0.25) is 0 Å². The summed E-state index contributed by atoms with van der Waals surface area (Å²) in [6.07, 6.45) is 33.2. The molecule has 0 aromatic carbocycles. The van der Waals surface area contributed by atoms with E-state index in [9.17, 15) is 0 Å². The van der Waals surface area contributed by atoms with E-state index >= 15 is 0 Å². The molecule has 0 aromatic heterocycles. The molecule has 0 saturated heterocycles. The summed E-state index contributed by atoms with van der Waals surface area (Å²) in [4.78, 5) is 21.6. The number of unbranched alkanes of at least 4 members (excludes halogenated alkanes) is 12. The molecule has 0 aliphatic carbocycles. The van der Waals surface area contributed by atoms with Crippen LogP contribution < -0.4 is 0 Å². The Kier molecular flexibility index (Phi) is 49.8. The number of quaternary nitrogens is 3. The molecular formula is C48H111N3O4P+3. The Balaban J connectivity index is -0.000000340. The molecule has 0 aliphatic heterocycles. The number of rotatable bonds is 36. The SMILES string of the molecule is CCCC[N+](CCCC)(CCCC)CCCC.CCCC[N+](CCCC)(CCCC)CCCC.CCCC[N+](CCCC)(CCCC)CCCC.O=P(O)(O)O. The lowest BCUT2D eigenvalue weighted by atomic mass is 10.1. The van der Waals surface area contributed by atoms with Gasteiger partial charge in [-0.2, -0.15) is 0 Å². The predicted octanol–water partition coefficient (Wildman–Crippen LogP) is 14.1. The fraction of sp³-hybridized carbons (Fsp3) is 1.00. The third kappa shape index (κ3) is 42.1. The van der Waals surface area contributed by atoms with Crippen LogP contribution in [0.4, 0.5) is 0 Å². The molecule has 7 nitrogen and oxygen atoms in total. The summed E-state index contributed by atoms with van der Waals surface area (Å²) >= 11 is 0. The van der Waals surface area contributed by atoms with Crippen LogP contribution in [0.5, 0.6) is 0 Å². The molecule has 344 valence electrons. The van der Waals surface area contributed by atoms with Gasteiger partial charge in [0, 0.05) is 0 Å². The maximum absolute atomic E-state index is 8.88. The first-order valence-corrected chi connectivity index (χ1v) is 26.6. The third-order valence-corrected chi connectivity index (χ3v) is 11.8. The number of phosphoric acid groups is 1. The molecule has 56 heavy (non-hydrogen) atoms. The van der Waals surface area contributed by atoms with Crippen molar-refractivity contribution in [3.63, 3.8) is 0 Å². The van der Waals surface area contributed by atoms with E-state index in [2.05, 4.69) is 83.1 Å². The van der Waals surface area contributed by atoms with Gasteiger partial charge in [0.2, 0.25) is 0 Å². The molecule has 8 heteroatoms. The lowest BCUT2D eigenvalue weighted by Gasteiger charge is -2.39. The smallest absolute Gasteiger partial charge is 0.324 e. The maximum atomic E-state index is 8.88. The molecule has 0 atom stereocenters. The van der Waals surface area contributed by atoms with Gasteiger partial charge in [0.15, 0.2) is 0 Å². The van der Waals surface area contributed by atoms with E-state index in [0.717, 1.165) is 0 Å². The first-order chi connectivity index (χ1) is 26.7. The standard InChI is InChI=1S/3C16H36N.H3O4P/c3*1-5-9-13-17(14-10-6-2,15-11-7-3)16-12-8-4;1-5(2,3)4/h3*5-16H2,1-4H3;(H3,1,2,3,4)/q3*+1;. The quantitative estimate of drug-likeness (QED) is 0.0434. The van der Waals surface area contributed by atoms with Gasteiger partial charge in [-0.05, 0) is 77.0 Å². The maximum Gasteiger partial charge on any atom is 0.466 e. The molecule has 0 unspecified atom stereocenters. The van der Waals surface area contributed by atoms with Crippen molar-refractivity contribution in [3.8, 4) is 0 Å². The van der Waals surface area contributed by atoms with Crippen LogP contribution in [-0.2, 0) is 4.57 Å². The Morgan fingerprint density at radius 2 is 0.321 bits per heavy atom. The lowest BCUT2D eigenvalue weighted by Crippen LogP contribution is -2.50. The fourth-order valence-electron chi connectivity index (χ4n) is 7.93. The summed E-state index contributed by atoms with van der Waals surface area (Å²) < 4.78 is 13.1. The highest BCUT2D eigenvalue weighted by molar-refractivity contribution is 7.45. The fourth-order valence-corrected chi connectivity index (χ4v) is 7.93. The highest BCUT2D eigenvalue weighted by Crippen LogP contribution is 2.26. The van der Waals surface area contributed by atoms with Gasteiger partial charge in [-0.25, -0.2) is 4.57 Å². The van der Waals surface area contributed by atoms with E-state index in [0.29, 0.717) is 0 Å². The molecule has 0 rings (SSSR count). The van der Waals surface area contributed by atoms with E-state index in [1.807, 2.05) is 0 Å². The summed E-state index contributed by atoms with van der Waals surface area (Å²) in [5, 5.41) is 0. The molecule has 0 spiro atoms. The second-order valence-electron chi connectivity index (χ2n) is 17.5. The van der Waals surface area contributed by atoms with Gasteiger partial charge in [0.05, 0.1) is 78.5 Å². The van der Waals surface area contributed by atoms with E-state index in [1.165, 1.54) is 246 Å². The Morgan fingerprint density at radius 1 is 0.250 bits per heavy atom. The summed E-state index contributed by atoms with van der Waals surface area (Å²) in [5.74, 6) is 0. The summed E-state index contributed by atoms with van der Waals surface area (Å²) in [5.41, 5.74) is 0. The Bertz CT molecular complexity index is 588. The van der Waals surface area contributed by atoms with Crippen LogP contribution in [0.25, 0.3) is 0 Å². The second kappa shape index (κ2) is 44.5. The highest BCUT2D eigenvalue weighted by Gasteiger charge is 2.27. The minimum Gasteiger partial charge on any atom is -0.324 e. The first kappa shape index (κ1) is 62.6. The van der Waals surface area contributed by atoms with Gasteiger partial charge in [-0.3, -0.25) is 0 Å². The van der Waals surface area contributed by atoms with Crippen molar-refractivity contribution in [2.24, 2.45) is 0 Å². The van der Waals surface area contributed by atoms with Gasteiger partial charge in [0.1, 0.15) is 0 Å². The van der Waals surface area contributed by atoms with Gasteiger partial charge in [-0.1, -0.05) is 160 Å². The average Bonchev–Trinajstić information content (AvgIpc) is 3.19. The van der Waals surface area contributed by atoms with Crippen molar-refractivity contribution in [2.45, 2.75) is 237 Å². The normalized spacial score (nSPS) is 12.0. The minimum absolute atomic E-state index is 1.35. The molecule has 0 radical (unpaired) electrons. The highest BCUT2D eigenvalue weighted by atomic mass is 31.2. The topological polar surface area (TPSA) is 77.8 Å². The molecule has 0 aromatic rings. The average molecular weight is 825 g/mol. The molecular weight excluding hydrogens is 714 g/mol. The van der Waals surface area contributed by atoms with Gasteiger partial charge >= 0.3 is 7.82 Å². The van der Waals surface area contributed by atoms with Gasteiger partial charge in [-0.15, -0.1) is 0 Å². The number of hydrogen-bond donors (Lipinski definition) is 3. The van der Waals surface area contributed by atoms with Crippen LogP contribution in [0.1, 0.15) is 237 Å². The van der Waals surface area contributed by atoms with Gasteiger partial charge < -0.3 is 28.1 Å². The van der Waals surface area contributed by atoms with Crippen molar-refractivity contribution in [1.29, 1.82) is 0 Å². The van der Waals surface area contributed by atoms with Crippen LogP contribution in [0.3, 0.4) is 0 Å². The van der Waals surface area contributed by atoms with Crippen LogP contribution in [0, 0.1) is 0 Å². The first-order valence-electron chi connectivity index (χ1n) is 25.1. The number of hydrogen-bond acceptors (Lipinski definition) is 1. The largest absolute Gasteiger partial charge is 0.466 e. The number of nitrogens with zero attached hydrogens (tertiary/aromatic N) is 3. The zero-order chi connectivity index (χ0) is 43.5. The Hall–Kier alpha value is -0.0100. The van der Waals surface area contributed by atoms with Crippen LogP contribution in [0.15, 0.2) is 0 Å². The summed E-state index contributed by atoms with van der Waals surface area (Å²) in [7, 11) is -4.64. The van der Waals surface area contributed by atoms with Gasteiger partial charge in [0.25, 0.3) is 0 Å². The lowest BCUT2D eigenvalue weighted by molar-refractivity contribution is -0.929. The third-order valence-electron chi connectivity index (χ3n) is 11.8. The minimum atomic E-state index is -4.64. The van der Waals surface area contributed by atoms with E-state index in [4.69, 9.17) is 19.2 Å². The second-order valence-corrected chi connectivity index (χ2v) is 18.5. The molecule has 0 aliphatic rings. The molecule has 0 bridgehead atoms. The zero-order valence-electron chi connectivity index (χ0n) is 41.0. The predicted molar refractivity (Wildman–Crippen MR) is 252 cm³/mol. The van der Waals surface area contributed by atoms with Crippen LogP contribution in [-0.4, -0.2) is 107 Å². The Morgan fingerprint density at radius 3 is 0.375 bits per heavy atom. The molecule has 3 N–H and O–H groups in total. The molecule has 0 fully saturated rings. The van der Waals surface area contributed by atoms with Crippen molar-refractivity contribution in [2.75, 3.05) is 78.5 Å². The van der Waals surface area contributed by atoms with Crippen molar-refractivity contribution in [3.05, 3.63) is 0 Å².